The van der Waals surface area contributed by atoms with Crippen LogP contribution < -0.4 is 19.3 Å². The summed E-state index contributed by atoms with van der Waals surface area (Å²) >= 11 is 5.88. The predicted octanol–water partition coefficient (Wildman–Crippen LogP) is 5.14. The minimum Gasteiger partial charge on any atom is -0.545 e. The third-order valence-electron chi connectivity index (χ3n) is 5.27. The summed E-state index contributed by atoms with van der Waals surface area (Å²) in [6, 6.07) is 21.2. The summed E-state index contributed by atoms with van der Waals surface area (Å²) in [4.78, 5) is 11.9. The van der Waals surface area contributed by atoms with E-state index in [1.165, 1.54) is 12.5 Å². The van der Waals surface area contributed by atoms with E-state index in [4.69, 9.17) is 25.8 Å². The van der Waals surface area contributed by atoms with Crippen molar-refractivity contribution < 1.29 is 24.1 Å². The van der Waals surface area contributed by atoms with Gasteiger partial charge in [0, 0.05) is 10.6 Å². The lowest BCUT2D eigenvalue weighted by Crippen LogP contribution is -2.47. The van der Waals surface area contributed by atoms with Crippen molar-refractivity contribution in [3.05, 3.63) is 88.9 Å². The van der Waals surface area contributed by atoms with Crippen LogP contribution in [-0.2, 0) is 15.8 Å². The van der Waals surface area contributed by atoms with Crippen molar-refractivity contribution >= 4 is 17.6 Å². The highest BCUT2D eigenvalue weighted by atomic mass is 35.5. The smallest absolute Gasteiger partial charge is 0.170 e. The number of carboxylic acid groups (broad SMARTS) is 1. The van der Waals surface area contributed by atoms with Gasteiger partial charge in [-0.2, -0.15) is 0 Å². The van der Waals surface area contributed by atoms with Gasteiger partial charge in [0.05, 0.1) is 5.97 Å². The van der Waals surface area contributed by atoms with Gasteiger partial charge in [-0.25, -0.2) is 0 Å². The Morgan fingerprint density at radius 3 is 1.58 bits per heavy atom. The first-order chi connectivity index (χ1) is 15.6. The first kappa shape index (κ1) is 24.5. The minimum atomic E-state index is -1.67. The fourth-order valence-corrected chi connectivity index (χ4v) is 3.32. The molecule has 33 heavy (non-hydrogen) atoms. The second kappa shape index (κ2) is 10.2. The van der Waals surface area contributed by atoms with Gasteiger partial charge in [-0.05, 0) is 66.4 Å². The van der Waals surface area contributed by atoms with E-state index < -0.39 is 11.6 Å². The minimum absolute atomic E-state index is 0.0977. The second-order valence-corrected chi connectivity index (χ2v) is 9.31. The number of carbonyl (C=O) groups is 1. The molecule has 174 valence electrons. The molecule has 0 N–H and O–H groups in total. The zero-order valence-electron chi connectivity index (χ0n) is 19.3. The number of ether oxygens (including phenoxy) is 3. The van der Waals surface area contributed by atoms with Gasteiger partial charge in [0.1, 0.15) is 30.5 Å². The molecule has 0 saturated heterocycles. The fraction of sp³-hybridized carbons (Fsp3) is 0.296. The lowest BCUT2D eigenvalue weighted by atomic mass is 9.87. The Kier molecular flexibility index (Phi) is 7.54. The zero-order chi connectivity index (χ0) is 24.1. The molecule has 0 aliphatic heterocycles. The van der Waals surface area contributed by atoms with Gasteiger partial charge in [0.2, 0.25) is 0 Å². The second-order valence-electron chi connectivity index (χ2n) is 8.87. The molecule has 3 aromatic rings. The molecule has 0 aliphatic carbocycles. The molecule has 0 fully saturated rings. The predicted molar refractivity (Wildman–Crippen MR) is 127 cm³/mol. The summed E-state index contributed by atoms with van der Waals surface area (Å²) in [5.41, 5.74) is 0.101. The quantitative estimate of drug-likeness (QED) is 0.407. The van der Waals surface area contributed by atoms with Gasteiger partial charge >= 0.3 is 0 Å². The number of aliphatic carboxylic acids is 1. The van der Waals surface area contributed by atoms with E-state index in [0.29, 0.717) is 35.3 Å². The van der Waals surface area contributed by atoms with E-state index >= 15 is 0 Å². The fourth-order valence-electron chi connectivity index (χ4n) is 3.20. The van der Waals surface area contributed by atoms with Crippen molar-refractivity contribution in [1.29, 1.82) is 0 Å². The third kappa shape index (κ3) is 6.42. The standard InChI is InChI=1S/C27H29ClO5/c1-26(2,3)19-5-11-22(12-6-19)31-17-18-32-23-13-7-20(8-14-23)27(4,25(29)30)33-24-15-9-21(28)10-16-24/h5-16H,17-18H2,1-4H3,(H,29,30)/p-1. The number of benzene rings is 3. The maximum Gasteiger partial charge on any atom is 0.170 e. The summed E-state index contributed by atoms with van der Waals surface area (Å²) in [6.07, 6.45) is 0. The maximum absolute atomic E-state index is 11.9. The third-order valence-corrected chi connectivity index (χ3v) is 5.52. The van der Waals surface area contributed by atoms with Crippen LogP contribution in [0.5, 0.6) is 17.2 Å². The molecule has 0 aromatic heterocycles. The largest absolute Gasteiger partial charge is 0.545 e. The molecule has 0 heterocycles. The molecule has 1 unspecified atom stereocenters. The van der Waals surface area contributed by atoms with Crippen molar-refractivity contribution in [2.24, 2.45) is 0 Å². The highest BCUT2D eigenvalue weighted by molar-refractivity contribution is 6.30. The van der Waals surface area contributed by atoms with E-state index in [1.807, 2.05) is 12.1 Å². The van der Waals surface area contributed by atoms with E-state index in [-0.39, 0.29) is 5.41 Å². The molecular formula is C27H28ClO5-. The van der Waals surface area contributed by atoms with Crippen molar-refractivity contribution in [2.45, 2.75) is 38.7 Å². The number of halogens is 1. The molecule has 0 bridgehead atoms. The van der Waals surface area contributed by atoms with Crippen LogP contribution in [0.25, 0.3) is 0 Å². The Hall–Kier alpha value is -3.18. The summed E-state index contributed by atoms with van der Waals surface area (Å²) in [5.74, 6) is 0.403. The topological polar surface area (TPSA) is 67.8 Å². The molecule has 0 saturated carbocycles. The molecule has 0 radical (unpaired) electrons. The molecule has 3 rings (SSSR count). The monoisotopic (exact) mass is 467 g/mol. The maximum atomic E-state index is 11.9. The van der Waals surface area contributed by atoms with E-state index in [2.05, 4.69) is 32.9 Å². The normalized spacial score (nSPS) is 13.1. The SMILES string of the molecule is CC(C)(C)c1ccc(OCCOc2ccc(C(C)(Oc3ccc(Cl)cc3)C(=O)[O-])cc2)cc1. The van der Waals surface area contributed by atoms with Crippen LogP contribution in [-0.4, -0.2) is 19.2 Å². The Balaban J connectivity index is 1.56. The van der Waals surface area contributed by atoms with Crippen LogP contribution in [0.4, 0.5) is 0 Å². The zero-order valence-corrected chi connectivity index (χ0v) is 20.0. The highest BCUT2D eigenvalue weighted by Crippen LogP contribution is 2.30. The van der Waals surface area contributed by atoms with Crippen LogP contribution in [0.1, 0.15) is 38.8 Å². The average molecular weight is 468 g/mol. The van der Waals surface area contributed by atoms with E-state index in [1.54, 1.807) is 48.5 Å². The Labute approximate surface area is 199 Å². The molecule has 3 aromatic carbocycles. The van der Waals surface area contributed by atoms with Crippen LogP contribution in [0, 0.1) is 0 Å². The van der Waals surface area contributed by atoms with Gasteiger partial charge in [0.25, 0.3) is 0 Å². The summed E-state index contributed by atoms with van der Waals surface area (Å²) < 4.78 is 17.2. The molecule has 0 amide bonds. The Morgan fingerprint density at radius 1 is 0.727 bits per heavy atom. The van der Waals surface area contributed by atoms with Gasteiger partial charge in [-0.3, -0.25) is 0 Å². The lowest BCUT2D eigenvalue weighted by Gasteiger charge is -2.32. The molecule has 5 nitrogen and oxygen atoms in total. The number of hydrogen-bond acceptors (Lipinski definition) is 5. The van der Waals surface area contributed by atoms with Crippen LogP contribution >= 0.6 is 11.6 Å². The molecule has 1 atom stereocenters. The number of rotatable bonds is 9. The summed E-state index contributed by atoms with van der Waals surface area (Å²) in [6.45, 7) is 8.68. The summed E-state index contributed by atoms with van der Waals surface area (Å²) in [7, 11) is 0. The Morgan fingerprint density at radius 2 is 1.15 bits per heavy atom. The molecular weight excluding hydrogens is 440 g/mol. The van der Waals surface area contributed by atoms with E-state index in [0.717, 1.165) is 5.75 Å². The first-order valence-corrected chi connectivity index (χ1v) is 11.1. The average Bonchev–Trinajstić information content (AvgIpc) is 2.78. The van der Waals surface area contributed by atoms with E-state index in [9.17, 15) is 9.90 Å². The Bertz CT molecular complexity index is 1050. The van der Waals surface area contributed by atoms with Gasteiger partial charge in [0.15, 0.2) is 5.60 Å². The van der Waals surface area contributed by atoms with Crippen molar-refractivity contribution in [2.75, 3.05) is 13.2 Å². The van der Waals surface area contributed by atoms with Crippen LogP contribution in [0.15, 0.2) is 72.8 Å². The van der Waals surface area contributed by atoms with Crippen LogP contribution in [0.3, 0.4) is 0 Å². The van der Waals surface area contributed by atoms with Crippen molar-refractivity contribution in [3.8, 4) is 17.2 Å². The molecule has 6 heteroatoms. The first-order valence-electron chi connectivity index (χ1n) is 10.7. The van der Waals surface area contributed by atoms with Crippen molar-refractivity contribution in [1.82, 2.24) is 0 Å². The summed E-state index contributed by atoms with van der Waals surface area (Å²) in [5, 5.41) is 12.4. The van der Waals surface area contributed by atoms with Crippen LogP contribution in [0.2, 0.25) is 5.02 Å². The number of carbonyl (C=O) groups excluding carboxylic acids is 1. The van der Waals surface area contributed by atoms with Crippen molar-refractivity contribution in [3.63, 3.8) is 0 Å². The highest BCUT2D eigenvalue weighted by Gasteiger charge is 2.31. The lowest BCUT2D eigenvalue weighted by molar-refractivity contribution is -0.322. The molecule has 0 spiro atoms. The van der Waals surface area contributed by atoms with Gasteiger partial charge in [-0.15, -0.1) is 0 Å². The number of carboxylic acids is 1. The van der Waals surface area contributed by atoms with Gasteiger partial charge < -0.3 is 24.1 Å². The number of hydrogen-bond donors (Lipinski definition) is 0. The molecule has 0 aliphatic rings. The van der Waals surface area contributed by atoms with Gasteiger partial charge in [-0.1, -0.05) is 56.6 Å².